The van der Waals surface area contributed by atoms with Crippen LogP contribution in [0.4, 0.5) is 4.79 Å². The van der Waals surface area contributed by atoms with Crippen LogP contribution in [-0.4, -0.2) is 83.8 Å². The largest absolute Gasteiger partial charge is 0.351 e. The molecule has 0 fully saturated rings. The number of nitrogens with zero attached hydrogens (tertiary/aromatic N) is 3. The van der Waals surface area contributed by atoms with Crippen molar-refractivity contribution in [3.8, 4) is 0 Å². The van der Waals surface area contributed by atoms with Crippen LogP contribution in [0.2, 0.25) is 0 Å². The molecule has 13 heteroatoms. The van der Waals surface area contributed by atoms with Gasteiger partial charge in [-0.25, -0.2) is 9.80 Å². The van der Waals surface area contributed by atoms with Crippen LogP contribution in [0.1, 0.15) is 55.0 Å². The van der Waals surface area contributed by atoms with E-state index in [2.05, 4.69) is 26.4 Å². The number of likely N-dealkylation sites (N-methyl/N-ethyl adjacent to an activating group) is 1. The molecule has 0 saturated heterocycles. The van der Waals surface area contributed by atoms with E-state index in [1.54, 1.807) is 18.1 Å². The third kappa shape index (κ3) is 11.7. The highest BCUT2D eigenvalue weighted by atomic mass is 16.7. The van der Waals surface area contributed by atoms with Crippen molar-refractivity contribution in [2.24, 2.45) is 0 Å². The van der Waals surface area contributed by atoms with Crippen LogP contribution in [0.5, 0.6) is 0 Å². The fraction of sp³-hybridized carbons (Fsp3) is 0.255. The highest BCUT2D eigenvalue weighted by molar-refractivity contribution is 5.94. The number of carbonyl (C=O) groups excluding carboxylic acids is 4. The first-order chi connectivity index (χ1) is 33.1. The molecule has 0 bridgehead atoms. The van der Waals surface area contributed by atoms with Gasteiger partial charge in [0.25, 0.3) is 0 Å². The standard InChI is InChI=1S/C55H59N7O6/c1-5-67-53(68-6-2)39(3)62(37-43-25-19-23-41-26-20-34-56-51(41)43)52(65)48(58-50(64)38-61(4)60-54(66)57-36-42-24-18-22-40-21-16-17-33-47(40)42)35-49(63)59-55(44-27-10-7-11-28-44,45-29-12-8-13-30-45)46-31-14-9-15-32-46/h7-34,39,48,53H,5-6,35-38H2,1-4H3,(H,58,64)(H,59,63)(H2,57,60,66)/t39-,48-/m0/s1. The summed E-state index contributed by atoms with van der Waals surface area (Å²) < 4.78 is 12.1. The first-order valence-corrected chi connectivity index (χ1v) is 23.0. The molecule has 6 aromatic carbocycles. The number of amides is 5. The summed E-state index contributed by atoms with van der Waals surface area (Å²) in [5.41, 5.74) is 6.26. The van der Waals surface area contributed by atoms with Crippen molar-refractivity contribution >= 4 is 45.4 Å². The first-order valence-electron chi connectivity index (χ1n) is 23.0. The van der Waals surface area contributed by atoms with Gasteiger partial charge in [-0.1, -0.05) is 158 Å². The SMILES string of the molecule is CCOC(OCC)[C@H](C)N(Cc1cccc2cccnc12)C(=O)[C@H](CC(=O)NC(c1ccccc1)(c1ccccc1)c1ccccc1)NC(=O)CN(C)NC(=O)NCc1cccc2ccccc12. The zero-order valence-electron chi connectivity index (χ0n) is 38.9. The van der Waals surface area contributed by atoms with Crippen molar-refractivity contribution in [2.45, 2.75) is 64.2 Å². The number of urea groups is 1. The third-order valence-corrected chi connectivity index (χ3v) is 11.9. The van der Waals surface area contributed by atoms with Crippen LogP contribution in [-0.2, 0) is 42.5 Å². The molecule has 1 heterocycles. The molecule has 0 unspecified atom stereocenters. The molecule has 0 saturated carbocycles. The van der Waals surface area contributed by atoms with Crippen LogP contribution < -0.4 is 21.4 Å². The van der Waals surface area contributed by atoms with E-state index in [0.29, 0.717) is 18.7 Å². The van der Waals surface area contributed by atoms with Crippen LogP contribution in [0.15, 0.2) is 170 Å². The maximum Gasteiger partial charge on any atom is 0.329 e. The molecule has 4 N–H and O–H groups in total. The monoisotopic (exact) mass is 913 g/mol. The third-order valence-electron chi connectivity index (χ3n) is 11.9. The molecule has 1 aromatic heterocycles. The minimum atomic E-state index is -1.40. The lowest BCUT2D eigenvalue weighted by Gasteiger charge is -2.38. The zero-order valence-corrected chi connectivity index (χ0v) is 38.9. The van der Waals surface area contributed by atoms with Gasteiger partial charge in [0, 0.05) is 44.9 Å². The Labute approximate surface area is 397 Å². The van der Waals surface area contributed by atoms with Crippen molar-refractivity contribution in [1.29, 1.82) is 0 Å². The number of hydrazine groups is 1. The summed E-state index contributed by atoms with van der Waals surface area (Å²) >= 11 is 0. The smallest absolute Gasteiger partial charge is 0.329 e. The molecular weight excluding hydrogens is 855 g/mol. The highest BCUT2D eigenvalue weighted by Crippen LogP contribution is 2.37. The average molecular weight is 914 g/mol. The minimum absolute atomic E-state index is 0.0549. The lowest BCUT2D eigenvalue weighted by atomic mass is 9.77. The van der Waals surface area contributed by atoms with Gasteiger partial charge in [0.05, 0.1) is 24.5 Å². The normalized spacial score (nSPS) is 12.4. The number of benzene rings is 6. The molecule has 0 aliphatic rings. The van der Waals surface area contributed by atoms with Crippen molar-refractivity contribution in [3.05, 3.63) is 198 Å². The Kier molecular flexibility index (Phi) is 16.6. The van der Waals surface area contributed by atoms with E-state index < -0.39 is 54.1 Å². The highest BCUT2D eigenvalue weighted by Gasteiger charge is 2.40. The van der Waals surface area contributed by atoms with E-state index in [9.17, 15) is 9.59 Å². The molecule has 7 aromatic rings. The number of ether oxygens (including phenoxy) is 2. The Morgan fingerprint density at radius 2 is 1.19 bits per heavy atom. The number of hydrogen-bond acceptors (Lipinski definition) is 8. The first kappa shape index (κ1) is 48.5. The summed E-state index contributed by atoms with van der Waals surface area (Å²) in [5, 5.41) is 13.4. The fourth-order valence-electron chi connectivity index (χ4n) is 8.66. The average Bonchev–Trinajstić information content (AvgIpc) is 3.36. The number of para-hydroxylation sites is 1. The summed E-state index contributed by atoms with van der Waals surface area (Å²) in [4.78, 5) is 64.1. The maximum absolute atomic E-state index is 15.5. The van der Waals surface area contributed by atoms with Gasteiger partial charge in [0.2, 0.25) is 17.7 Å². The van der Waals surface area contributed by atoms with Crippen LogP contribution in [0.25, 0.3) is 21.7 Å². The Bertz CT molecular complexity index is 2660. The van der Waals surface area contributed by atoms with E-state index in [1.807, 2.05) is 185 Å². The van der Waals surface area contributed by atoms with Gasteiger partial charge < -0.3 is 30.3 Å². The Hall–Kier alpha value is -7.45. The Balaban J connectivity index is 1.20. The van der Waals surface area contributed by atoms with Gasteiger partial charge in [0.1, 0.15) is 11.6 Å². The van der Waals surface area contributed by atoms with Gasteiger partial charge in [-0.05, 0) is 65.4 Å². The Morgan fingerprint density at radius 1 is 0.647 bits per heavy atom. The number of pyridine rings is 1. The molecule has 68 heavy (non-hydrogen) atoms. The summed E-state index contributed by atoms with van der Waals surface area (Å²) in [6, 6.07) is 49.7. The molecule has 0 spiro atoms. The molecule has 0 radical (unpaired) electrons. The molecule has 350 valence electrons. The van der Waals surface area contributed by atoms with Gasteiger partial charge >= 0.3 is 6.03 Å². The van der Waals surface area contributed by atoms with Gasteiger partial charge in [-0.2, -0.15) is 0 Å². The number of rotatable bonds is 21. The second-order valence-corrected chi connectivity index (χ2v) is 16.5. The number of nitrogens with one attached hydrogen (secondary N) is 4. The minimum Gasteiger partial charge on any atom is -0.351 e. The van der Waals surface area contributed by atoms with Crippen molar-refractivity contribution in [2.75, 3.05) is 26.8 Å². The summed E-state index contributed by atoms with van der Waals surface area (Å²) in [5.74, 6) is -1.67. The lowest BCUT2D eigenvalue weighted by Crippen LogP contribution is -2.58. The van der Waals surface area contributed by atoms with E-state index in [-0.39, 0.29) is 19.6 Å². The molecular formula is C55H59N7O6. The Morgan fingerprint density at radius 3 is 1.81 bits per heavy atom. The van der Waals surface area contributed by atoms with Crippen LogP contribution in [0.3, 0.4) is 0 Å². The number of carbonyl (C=O) groups is 4. The predicted octanol–water partition coefficient (Wildman–Crippen LogP) is 7.83. The lowest BCUT2D eigenvalue weighted by molar-refractivity contribution is -0.180. The zero-order chi connectivity index (χ0) is 47.9. The van der Waals surface area contributed by atoms with E-state index in [1.165, 1.54) is 5.01 Å². The molecule has 13 nitrogen and oxygen atoms in total. The van der Waals surface area contributed by atoms with E-state index >= 15 is 9.59 Å². The number of hydrogen-bond donors (Lipinski definition) is 4. The molecule has 0 aliphatic carbocycles. The van der Waals surface area contributed by atoms with Gasteiger partial charge in [-0.15, -0.1) is 0 Å². The van der Waals surface area contributed by atoms with Crippen molar-refractivity contribution in [3.63, 3.8) is 0 Å². The summed E-state index contributed by atoms with van der Waals surface area (Å²) in [6.07, 6.45) is 0.406. The van der Waals surface area contributed by atoms with Gasteiger partial charge in [-0.3, -0.25) is 24.8 Å². The second kappa shape index (κ2) is 23.3. The quantitative estimate of drug-likeness (QED) is 0.0323. The summed E-state index contributed by atoms with van der Waals surface area (Å²) in [6.45, 7) is 6.10. The topological polar surface area (TPSA) is 154 Å². The second-order valence-electron chi connectivity index (χ2n) is 16.5. The van der Waals surface area contributed by atoms with E-state index in [0.717, 1.165) is 44.0 Å². The molecule has 5 amide bonds. The summed E-state index contributed by atoms with van der Waals surface area (Å²) in [7, 11) is 1.55. The maximum atomic E-state index is 15.5. The van der Waals surface area contributed by atoms with Crippen LogP contribution in [0, 0.1) is 0 Å². The van der Waals surface area contributed by atoms with Crippen LogP contribution >= 0.6 is 0 Å². The number of aromatic nitrogens is 1. The molecule has 7 rings (SSSR count). The predicted molar refractivity (Wildman–Crippen MR) is 265 cm³/mol. The molecule has 2 atom stereocenters. The van der Waals surface area contributed by atoms with Gasteiger partial charge in [0.15, 0.2) is 6.29 Å². The number of fused-ring (bicyclic) bond motifs is 2. The van der Waals surface area contributed by atoms with Crippen molar-refractivity contribution in [1.82, 2.24) is 36.3 Å². The van der Waals surface area contributed by atoms with Crippen molar-refractivity contribution < 1.29 is 28.7 Å². The fourth-order valence-corrected chi connectivity index (χ4v) is 8.66. The van der Waals surface area contributed by atoms with E-state index in [4.69, 9.17) is 9.47 Å². The molecule has 0 aliphatic heterocycles.